The summed E-state index contributed by atoms with van der Waals surface area (Å²) in [6.45, 7) is 2.17. The smallest absolute Gasteiger partial charge is 0.257 e. The molecule has 0 bridgehead atoms. The Bertz CT molecular complexity index is 1050. The average molecular weight is 456 g/mol. The summed E-state index contributed by atoms with van der Waals surface area (Å²) in [5, 5.41) is 3.07. The van der Waals surface area contributed by atoms with Gasteiger partial charge in [-0.3, -0.25) is 4.79 Å². The van der Waals surface area contributed by atoms with Gasteiger partial charge in [-0.1, -0.05) is 28.1 Å². The lowest BCUT2D eigenvalue weighted by molar-refractivity contribution is 0.0923. The quantitative estimate of drug-likeness (QED) is 0.599. The van der Waals surface area contributed by atoms with E-state index in [1.165, 1.54) is 12.1 Å². The number of benzene rings is 2. The number of nitrogens with one attached hydrogen (secondary N) is 1. The van der Waals surface area contributed by atoms with Crippen LogP contribution in [0.3, 0.4) is 0 Å². The van der Waals surface area contributed by atoms with Crippen molar-refractivity contribution in [2.75, 3.05) is 12.0 Å². The van der Waals surface area contributed by atoms with Gasteiger partial charge in [-0.25, -0.2) is 9.37 Å². The van der Waals surface area contributed by atoms with Crippen LogP contribution in [0.1, 0.15) is 33.3 Å². The van der Waals surface area contributed by atoms with Gasteiger partial charge in [0, 0.05) is 23.0 Å². The predicted octanol–water partition coefficient (Wildman–Crippen LogP) is 5.02. The largest absolute Gasteiger partial charge is 0.380 e. The zero-order valence-corrected chi connectivity index (χ0v) is 17.5. The van der Waals surface area contributed by atoms with Crippen molar-refractivity contribution in [2.45, 2.75) is 19.7 Å². The van der Waals surface area contributed by atoms with Crippen molar-refractivity contribution >= 4 is 33.3 Å². The maximum Gasteiger partial charge on any atom is 0.257 e. The monoisotopic (exact) mass is 455 g/mol. The van der Waals surface area contributed by atoms with Crippen molar-refractivity contribution in [2.24, 2.45) is 0 Å². The number of anilines is 2. The van der Waals surface area contributed by atoms with Crippen LogP contribution in [-0.4, -0.2) is 18.0 Å². The molecule has 2 aromatic carbocycles. The minimum atomic E-state index is -0.488. The third kappa shape index (κ3) is 3.75. The molecule has 4 rings (SSSR count). The zero-order valence-electron chi connectivity index (χ0n) is 15.9. The Kier molecular flexibility index (Phi) is 5.34. The number of pyridine rings is 1. The van der Waals surface area contributed by atoms with Crippen LogP contribution in [0.25, 0.3) is 0 Å². The second kappa shape index (κ2) is 7.93. The number of aryl methyl sites for hydroxylation is 1. The fraction of sp³-hybridized carbons (Fsp3) is 0.182. The molecule has 3 aromatic rings. The van der Waals surface area contributed by atoms with E-state index in [0.29, 0.717) is 18.0 Å². The summed E-state index contributed by atoms with van der Waals surface area (Å²) in [7, 11) is 1.59. The Morgan fingerprint density at radius 2 is 1.86 bits per heavy atom. The van der Waals surface area contributed by atoms with E-state index in [4.69, 9.17) is 4.74 Å². The van der Waals surface area contributed by atoms with Crippen LogP contribution >= 0.6 is 15.9 Å². The van der Waals surface area contributed by atoms with Crippen LogP contribution in [0.5, 0.6) is 0 Å². The molecule has 1 unspecified atom stereocenters. The lowest BCUT2D eigenvalue weighted by Gasteiger charge is -2.39. The second-order valence-electron chi connectivity index (χ2n) is 6.83. The molecular weight excluding hydrogens is 437 g/mol. The number of methoxy groups -OCH3 is 1. The highest BCUT2D eigenvalue weighted by Crippen LogP contribution is 2.40. The molecule has 1 aliphatic heterocycles. The van der Waals surface area contributed by atoms with E-state index < -0.39 is 6.17 Å². The molecule has 29 heavy (non-hydrogen) atoms. The van der Waals surface area contributed by atoms with Crippen molar-refractivity contribution in [3.63, 3.8) is 0 Å². The molecule has 7 heteroatoms. The SMILES string of the molecule is COCc1cc(C)nc2c1C(=O)NC(c1ccc(Br)cc1)N2c1ccc(F)cc1. The van der Waals surface area contributed by atoms with Crippen LogP contribution in [-0.2, 0) is 11.3 Å². The summed E-state index contributed by atoms with van der Waals surface area (Å²) in [6, 6.07) is 15.7. The molecule has 0 aliphatic carbocycles. The molecule has 0 saturated carbocycles. The van der Waals surface area contributed by atoms with Gasteiger partial charge in [0.2, 0.25) is 0 Å². The van der Waals surface area contributed by atoms with Gasteiger partial charge in [0.05, 0.1) is 12.2 Å². The van der Waals surface area contributed by atoms with E-state index in [1.807, 2.05) is 42.2 Å². The number of amides is 1. The molecule has 1 amide bonds. The molecule has 1 aliphatic rings. The number of hydrogen-bond acceptors (Lipinski definition) is 4. The van der Waals surface area contributed by atoms with Crippen LogP contribution in [0.4, 0.5) is 15.9 Å². The molecule has 1 aromatic heterocycles. The third-order valence-electron chi connectivity index (χ3n) is 4.78. The summed E-state index contributed by atoms with van der Waals surface area (Å²) in [5.41, 5.74) is 3.60. The Hall–Kier alpha value is -2.77. The average Bonchev–Trinajstić information content (AvgIpc) is 2.69. The molecule has 0 fully saturated rings. The molecule has 5 nitrogen and oxygen atoms in total. The highest BCUT2D eigenvalue weighted by Gasteiger charge is 2.36. The van der Waals surface area contributed by atoms with Gasteiger partial charge in [-0.05, 0) is 60.5 Å². The van der Waals surface area contributed by atoms with Crippen molar-refractivity contribution in [1.29, 1.82) is 0 Å². The first-order valence-electron chi connectivity index (χ1n) is 9.08. The lowest BCUT2D eigenvalue weighted by Crippen LogP contribution is -2.45. The van der Waals surface area contributed by atoms with E-state index in [9.17, 15) is 9.18 Å². The summed E-state index contributed by atoms with van der Waals surface area (Å²) >= 11 is 3.44. The number of ether oxygens (including phenoxy) is 1. The summed E-state index contributed by atoms with van der Waals surface area (Å²) in [4.78, 5) is 19.7. The number of hydrogen-bond donors (Lipinski definition) is 1. The molecular formula is C22H19BrFN3O2. The van der Waals surface area contributed by atoms with Gasteiger partial charge in [-0.15, -0.1) is 0 Å². The molecule has 0 radical (unpaired) electrons. The molecule has 1 atom stereocenters. The van der Waals surface area contributed by atoms with Gasteiger partial charge in [-0.2, -0.15) is 0 Å². The minimum absolute atomic E-state index is 0.217. The number of carbonyl (C=O) groups is 1. The fourth-order valence-corrected chi connectivity index (χ4v) is 3.81. The maximum atomic E-state index is 13.6. The van der Waals surface area contributed by atoms with Gasteiger partial charge < -0.3 is 15.0 Å². The minimum Gasteiger partial charge on any atom is -0.380 e. The van der Waals surface area contributed by atoms with Crippen LogP contribution < -0.4 is 10.2 Å². The maximum absolute atomic E-state index is 13.6. The van der Waals surface area contributed by atoms with Crippen molar-refractivity contribution in [1.82, 2.24) is 10.3 Å². The Labute approximate surface area is 176 Å². The number of fused-ring (bicyclic) bond motifs is 1. The Morgan fingerprint density at radius 1 is 1.17 bits per heavy atom. The molecule has 0 spiro atoms. The first-order valence-corrected chi connectivity index (χ1v) is 9.88. The summed E-state index contributed by atoms with van der Waals surface area (Å²) in [6.07, 6.45) is -0.488. The van der Waals surface area contributed by atoms with Gasteiger partial charge in [0.25, 0.3) is 5.91 Å². The van der Waals surface area contributed by atoms with E-state index in [-0.39, 0.29) is 11.7 Å². The van der Waals surface area contributed by atoms with E-state index in [0.717, 1.165) is 27.0 Å². The zero-order chi connectivity index (χ0) is 20.5. The molecule has 148 valence electrons. The van der Waals surface area contributed by atoms with Crippen LogP contribution in [0.2, 0.25) is 0 Å². The van der Waals surface area contributed by atoms with Crippen molar-refractivity contribution in [3.05, 3.63) is 87.3 Å². The standard InChI is InChI=1S/C22H19BrFN3O2/c1-13-11-15(12-29-2)19-21(25-13)27(18-9-7-17(24)8-10-18)20(26-22(19)28)14-3-5-16(23)6-4-14/h3-11,20H,12H2,1-2H3,(H,26,28). The Balaban J connectivity index is 1.94. The predicted molar refractivity (Wildman–Crippen MR) is 113 cm³/mol. The first kappa shape index (κ1) is 19.5. The summed E-state index contributed by atoms with van der Waals surface area (Å²) < 4.78 is 19.8. The summed E-state index contributed by atoms with van der Waals surface area (Å²) in [5.74, 6) is -0.0151. The highest BCUT2D eigenvalue weighted by atomic mass is 79.9. The molecule has 1 N–H and O–H groups in total. The lowest BCUT2D eigenvalue weighted by atomic mass is 10.0. The van der Waals surface area contributed by atoms with Crippen molar-refractivity contribution < 1.29 is 13.9 Å². The van der Waals surface area contributed by atoms with Crippen molar-refractivity contribution in [3.8, 4) is 0 Å². The third-order valence-corrected chi connectivity index (χ3v) is 5.31. The molecule has 0 saturated heterocycles. The first-order chi connectivity index (χ1) is 14.0. The highest BCUT2D eigenvalue weighted by molar-refractivity contribution is 9.10. The van der Waals surface area contributed by atoms with Gasteiger partial charge >= 0.3 is 0 Å². The fourth-order valence-electron chi connectivity index (χ4n) is 3.55. The van der Waals surface area contributed by atoms with Gasteiger partial charge in [0.1, 0.15) is 17.8 Å². The van der Waals surface area contributed by atoms with Crippen LogP contribution in [0, 0.1) is 12.7 Å². The van der Waals surface area contributed by atoms with E-state index >= 15 is 0 Å². The van der Waals surface area contributed by atoms with E-state index in [2.05, 4.69) is 26.2 Å². The number of halogens is 2. The number of rotatable bonds is 4. The second-order valence-corrected chi connectivity index (χ2v) is 7.74. The number of aromatic nitrogens is 1. The van der Waals surface area contributed by atoms with Crippen LogP contribution in [0.15, 0.2) is 59.1 Å². The molecule has 2 heterocycles. The van der Waals surface area contributed by atoms with E-state index in [1.54, 1.807) is 19.2 Å². The normalized spacial score (nSPS) is 15.8. The topological polar surface area (TPSA) is 54.5 Å². The number of carbonyl (C=O) groups excluding carboxylic acids is 1. The Morgan fingerprint density at radius 3 is 2.52 bits per heavy atom. The number of nitrogens with zero attached hydrogens (tertiary/aromatic N) is 2. The van der Waals surface area contributed by atoms with Gasteiger partial charge in [0.15, 0.2) is 0 Å².